The van der Waals surface area contributed by atoms with Crippen molar-refractivity contribution in [3.05, 3.63) is 99.1 Å². The summed E-state index contributed by atoms with van der Waals surface area (Å²) in [5.74, 6) is -0.0927. The first-order valence-corrected chi connectivity index (χ1v) is 16.0. The monoisotopic (exact) mass is 582 g/mol. The SMILES string of the molecule is CC.CC.CC.Cc1cc(C(C)(C)C)cc(F)c1C.Cc1ccc(C(C)(C)C)cc1C.Cc1ccc(C(C)(C)C)cn1. The first kappa shape index (κ1) is 44.0. The Morgan fingerprint density at radius 1 is 0.476 bits per heavy atom. The van der Waals surface area contributed by atoms with Gasteiger partial charge in [-0.25, -0.2) is 4.39 Å². The third-order valence-corrected chi connectivity index (χ3v) is 6.62. The number of benzene rings is 2. The lowest BCUT2D eigenvalue weighted by Crippen LogP contribution is -2.12. The Balaban J connectivity index is -0.000000498. The lowest BCUT2D eigenvalue weighted by Gasteiger charge is -2.20. The van der Waals surface area contributed by atoms with E-state index in [2.05, 4.69) is 118 Å². The number of aromatic nitrogens is 1. The molecule has 2 heteroatoms. The van der Waals surface area contributed by atoms with Crippen molar-refractivity contribution >= 4 is 0 Å². The molecule has 1 aromatic heterocycles. The normalized spacial score (nSPS) is 10.5. The van der Waals surface area contributed by atoms with E-state index >= 15 is 0 Å². The molecule has 0 aliphatic rings. The number of pyridine rings is 1. The molecule has 3 aromatic rings. The van der Waals surface area contributed by atoms with Gasteiger partial charge >= 0.3 is 0 Å². The van der Waals surface area contributed by atoms with Crippen molar-refractivity contribution in [1.29, 1.82) is 0 Å². The van der Waals surface area contributed by atoms with Crippen LogP contribution in [0.15, 0.2) is 48.7 Å². The first-order chi connectivity index (χ1) is 19.2. The molecule has 3 rings (SSSR count). The summed E-state index contributed by atoms with van der Waals surface area (Å²) >= 11 is 0. The van der Waals surface area contributed by atoms with E-state index in [-0.39, 0.29) is 22.1 Å². The molecule has 1 nitrogen and oxygen atoms in total. The maximum absolute atomic E-state index is 13.4. The summed E-state index contributed by atoms with van der Waals surface area (Å²) in [4.78, 5) is 4.25. The fourth-order valence-electron chi connectivity index (χ4n) is 3.37. The van der Waals surface area contributed by atoms with E-state index < -0.39 is 0 Å². The molecule has 0 unspecified atom stereocenters. The average Bonchev–Trinajstić information content (AvgIpc) is 2.91. The quantitative estimate of drug-likeness (QED) is 0.257. The Hall–Kier alpha value is -2.48. The van der Waals surface area contributed by atoms with Gasteiger partial charge < -0.3 is 0 Å². The van der Waals surface area contributed by atoms with E-state index in [0.717, 1.165) is 22.4 Å². The maximum Gasteiger partial charge on any atom is 0.126 e. The summed E-state index contributed by atoms with van der Waals surface area (Å²) in [6, 6.07) is 14.6. The van der Waals surface area contributed by atoms with Gasteiger partial charge in [0.05, 0.1) is 0 Å². The second kappa shape index (κ2) is 20.4. The summed E-state index contributed by atoms with van der Waals surface area (Å²) in [6.07, 6.45) is 1.95. The predicted molar refractivity (Wildman–Crippen MR) is 191 cm³/mol. The fraction of sp³-hybridized carbons (Fsp3) is 0.575. The lowest BCUT2D eigenvalue weighted by atomic mass is 9.85. The Labute approximate surface area is 262 Å². The molecule has 0 amide bonds. The average molecular weight is 582 g/mol. The number of aryl methyl sites for hydroxylation is 4. The molecule has 2 aromatic carbocycles. The van der Waals surface area contributed by atoms with Crippen LogP contribution < -0.4 is 0 Å². The number of nitrogens with zero attached hydrogens (tertiary/aromatic N) is 1. The zero-order valence-electron chi connectivity index (χ0n) is 31.4. The Morgan fingerprint density at radius 3 is 1.21 bits per heavy atom. The highest BCUT2D eigenvalue weighted by molar-refractivity contribution is 5.35. The Kier molecular flexibility index (Phi) is 21.4. The van der Waals surface area contributed by atoms with Gasteiger partial charge in [-0.05, 0) is 102 Å². The molecule has 0 aliphatic heterocycles. The van der Waals surface area contributed by atoms with Crippen molar-refractivity contribution in [2.45, 2.75) is 155 Å². The molecule has 0 saturated heterocycles. The smallest absolute Gasteiger partial charge is 0.126 e. The minimum absolute atomic E-state index is 0.0271. The van der Waals surface area contributed by atoms with Crippen LogP contribution in [0.3, 0.4) is 0 Å². The molecule has 0 bridgehead atoms. The highest BCUT2D eigenvalue weighted by atomic mass is 19.1. The predicted octanol–water partition coefficient (Wildman–Crippen LogP) is 13.1. The zero-order valence-corrected chi connectivity index (χ0v) is 31.4. The van der Waals surface area contributed by atoms with E-state index in [1.807, 2.05) is 68.5 Å². The molecule has 240 valence electrons. The Bertz CT molecular complexity index is 1100. The van der Waals surface area contributed by atoms with Crippen molar-refractivity contribution in [3.8, 4) is 0 Å². The number of rotatable bonds is 0. The minimum atomic E-state index is -0.0927. The van der Waals surface area contributed by atoms with Crippen LogP contribution >= 0.6 is 0 Å². The topological polar surface area (TPSA) is 12.9 Å². The van der Waals surface area contributed by atoms with E-state index in [4.69, 9.17) is 0 Å². The van der Waals surface area contributed by atoms with Crippen molar-refractivity contribution in [3.63, 3.8) is 0 Å². The van der Waals surface area contributed by atoms with Crippen LogP contribution in [-0.2, 0) is 16.2 Å². The van der Waals surface area contributed by atoms with Crippen LogP contribution in [0.5, 0.6) is 0 Å². The van der Waals surface area contributed by atoms with Crippen molar-refractivity contribution < 1.29 is 4.39 Å². The molecular formula is C40H68FN. The van der Waals surface area contributed by atoms with Crippen molar-refractivity contribution in [2.75, 3.05) is 0 Å². The summed E-state index contributed by atoms with van der Waals surface area (Å²) in [5, 5.41) is 0. The molecule has 0 spiro atoms. The highest BCUT2D eigenvalue weighted by Gasteiger charge is 2.16. The van der Waals surface area contributed by atoms with Crippen LogP contribution in [0.25, 0.3) is 0 Å². The number of hydrogen-bond donors (Lipinski definition) is 0. The molecule has 0 radical (unpaired) electrons. The van der Waals surface area contributed by atoms with E-state index in [0.29, 0.717) is 0 Å². The second-order valence-corrected chi connectivity index (χ2v) is 13.1. The minimum Gasteiger partial charge on any atom is -0.261 e. The van der Waals surface area contributed by atoms with Crippen LogP contribution in [0.4, 0.5) is 4.39 Å². The molecule has 0 aliphatic carbocycles. The largest absolute Gasteiger partial charge is 0.261 e. The van der Waals surface area contributed by atoms with Gasteiger partial charge in [0.2, 0.25) is 0 Å². The zero-order chi connectivity index (χ0) is 34.1. The van der Waals surface area contributed by atoms with Crippen molar-refractivity contribution in [2.24, 2.45) is 0 Å². The summed E-state index contributed by atoms with van der Waals surface area (Å²) < 4.78 is 13.4. The third kappa shape index (κ3) is 16.8. The van der Waals surface area contributed by atoms with Gasteiger partial charge in [-0.2, -0.15) is 0 Å². The molecule has 42 heavy (non-hydrogen) atoms. The Morgan fingerprint density at radius 2 is 0.881 bits per heavy atom. The summed E-state index contributed by atoms with van der Waals surface area (Å²) in [6.45, 7) is 41.7. The van der Waals surface area contributed by atoms with E-state index in [1.54, 1.807) is 6.07 Å². The number of halogens is 1. The van der Waals surface area contributed by atoms with Gasteiger partial charge in [-0.15, -0.1) is 0 Å². The van der Waals surface area contributed by atoms with E-state index in [9.17, 15) is 4.39 Å². The van der Waals surface area contributed by atoms with Crippen molar-refractivity contribution in [1.82, 2.24) is 4.98 Å². The van der Waals surface area contributed by atoms with Gasteiger partial charge in [0, 0.05) is 11.9 Å². The fourth-order valence-corrected chi connectivity index (χ4v) is 3.37. The second-order valence-electron chi connectivity index (χ2n) is 13.1. The molecule has 0 saturated carbocycles. The van der Waals surface area contributed by atoms with E-state index in [1.165, 1.54) is 22.3 Å². The van der Waals surface area contributed by atoms with Gasteiger partial charge in [-0.1, -0.05) is 134 Å². The summed E-state index contributed by atoms with van der Waals surface area (Å²) in [7, 11) is 0. The summed E-state index contributed by atoms with van der Waals surface area (Å²) in [5.41, 5.74) is 9.95. The molecule has 0 atom stereocenters. The highest BCUT2D eigenvalue weighted by Crippen LogP contribution is 2.26. The van der Waals surface area contributed by atoms with Gasteiger partial charge in [0.1, 0.15) is 5.82 Å². The number of hydrogen-bond acceptors (Lipinski definition) is 1. The van der Waals surface area contributed by atoms with Crippen LogP contribution in [0, 0.1) is 40.4 Å². The van der Waals surface area contributed by atoms with Crippen LogP contribution in [0.1, 0.15) is 148 Å². The molecule has 0 N–H and O–H groups in total. The molecule has 0 fully saturated rings. The standard InChI is InChI=1S/C12H17F.C12H18.C10H15N.3C2H6/c1-8-6-10(12(3,4)5)7-11(13)9(8)2;1-9-6-7-11(8-10(9)2)12(3,4)5;1-8-5-6-9(7-11-8)10(2,3)4;3*1-2/h6-7H,1-5H3;6-8H,1-5H3;5-7H,1-4H3;3*1-2H3. The first-order valence-electron chi connectivity index (χ1n) is 16.0. The van der Waals surface area contributed by atoms with Gasteiger partial charge in [0.25, 0.3) is 0 Å². The molecular weight excluding hydrogens is 513 g/mol. The maximum atomic E-state index is 13.4. The van der Waals surface area contributed by atoms with Crippen LogP contribution in [-0.4, -0.2) is 4.98 Å². The van der Waals surface area contributed by atoms with Crippen LogP contribution in [0.2, 0.25) is 0 Å². The van der Waals surface area contributed by atoms with Gasteiger partial charge in [0.15, 0.2) is 0 Å². The third-order valence-electron chi connectivity index (χ3n) is 6.62. The molecule has 1 heterocycles. The van der Waals surface area contributed by atoms with Gasteiger partial charge in [-0.3, -0.25) is 4.98 Å². The lowest BCUT2D eigenvalue weighted by molar-refractivity contribution is 0.567.